The third-order valence-electron chi connectivity index (χ3n) is 5.00. The van der Waals surface area contributed by atoms with Crippen LogP contribution in [0.1, 0.15) is 28.4 Å². The van der Waals surface area contributed by atoms with E-state index in [-0.39, 0.29) is 24.6 Å². The second-order valence-electron chi connectivity index (χ2n) is 7.40. The molecule has 1 fully saturated rings. The molecule has 1 aliphatic heterocycles. The predicted octanol–water partition coefficient (Wildman–Crippen LogP) is 2.26. The quantitative estimate of drug-likeness (QED) is 0.566. The molecule has 9 heteroatoms. The molecule has 2 N–H and O–H groups in total. The van der Waals surface area contributed by atoms with E-state index in [0.717, 1.165) is 22.9 Å². The lowest BCUT2D eigenvalue weighted by atomic mass is 9.92. The summed E-state index contributed by atoms with van der Waals surface area (Å²) in [6.07, 6.45) is 0. The van der Waals surface area contributed by atoms with Crippen LogP contribution >= 0.6 is 0 Å². The van der Waals surface area contributed by atoms with Gasteiger partial charge in [-0.1, -0.05) is 18.2 Å². The molecule has 1 aliphatic rings. The first-order valence-corrected chi connectivity index (χ1v) is 10.3. The first-order valence-electron chi connectivity index (χ1n) is 8.91. The maximum absolute atomic E-state index is 12.5. The van der Waals surface area contributed by atoms with Crippen molar-refractivity contribution in [1.29, 1.82) is 0 Å². The van der Waals surface area contributed by atoms with Gasteiger partial charge in [-0.25, -0.2) is 4.79 Å². The second-order valence-corrected chi connectivity index (χ2v) is 8.79. The fraction of sp³-hybridized carbons (Fsp3) is 0.300. The Morgan fingerprint density at radius 2 is 1.90 bits per heavy atom. The number of benzene rings is 2. The van der Waals surface area contributed by atoms with Crippen LogP contribution in [0.4, 0.5) is 5.69 Å². The number of aryl methyl sites for hydroxylation is 2. The largest absolute Gasteiger partial charge is 0.461 e. The molecule has 1 saturated heterocycles. The average Bonchev–Trinajstić information content (AvgIpc) is 2.96. The summed E-state index contributed by atoms with van der Waals surface area (Å²) in [4.78, 5) is 24.4. The van der Waals surface area contributed by atoms with Crippen LogP contribution in [0.3, 0.4) is 0 Å². The van der Waals surface area contributed by atoms with E-state index in [2.05, 4.69) is 5.43 Å². The van der Waals surface area contributed by atoms with Crippen molar-refractivity contribution >= 4 is 27.7 Å². The molecule has 1 amide bonds. The van der Waals surface area contributed by atoms with Crippen LogP contribution in [-0.4, -0.2) is 38.0 Å². The Hall–Kier alpha value is -2.91. The fourth-order valence-corrected chi connectivity index (χ4v) is 3.72. The molecule has 0 saturated carbocycles. The van der Waals surface area contributed by atoms with E-state index in [1.807, 2.05) is 32.0 Å². The molecule has 29 heavy (non-hydrogen) atoms. The third-order valence-corrected chi connectivity index (χ3v) is 5.91. The van der Waals surface area contributed by atoms with Gasteiger partial charge in [0.2, 0.25) is 5.91 Å². The Morgan fingerprint density at radius 1 is 1.21 bits per heavy atom. The highest BCUT2D eigenvalue weighted by Gasteiger charge is 2.44. The molecule has 3 rings (SSSR count). The molecular weight excluding hydrogens is 396 g/mol. The maximum atomic E-state index is 12.5. The molecule has 2 aromatic rings. The molecule has 0 bridgehead atoms. The summed E-state index contributed by atoms with van der Waals surface area (Å²) in [6.45, 7) is 5.64. The highest BCUT2D eigenvalue weighted by atomic mass is 32.2. The normalized spacial score (nSPS) is 19.2. The zero-order valence-corrected chi connectivity index (χ0v) is 17.1. The number of amides is 1. The number of rotatable bonds is 5. The van der Waals surface area contributed by atoms with Crippen molar-refractivity contribution in [3.8, 4) is 0 Å². The maximum Gasteiger partial charge on any atom is 0.339 e. The molecule has 0 aromatic heterocycles. The van der Waals surface area contributed by atoms with E-state index in [4.69, 9.17) is 4.74 Å². The number of nitrogens with one attached hydrogen (secondary N) is 1. The number of carbonyl (C=O) groups is 2. The smallest absolute Gasteiger partial charge is 0.339 e. The van der Waals surface area contributed by atoms with E-state index in [0.29, 0.717) is 0 Å². The highest BCUT2D eigenvalue weighted by molar-refractivity contribution is 7.86. The molecule has 1 unspecified atom stereocenters. The zero-order valence-electron chi connectivity index (χ0n) is 16.3. The first-order chi connectivity index (χ1) is 13.5. The van der Waals surface area contributed by atoms with Gasteiger partial charge in [0.25, 0.3) is 10.1 Å². The minimum atomic E-state index is -4.58. The molecule has 2 aromatic carbocycles. The van der Waals surface area contributed by atoms with Crippen LogP contribution in [0, 0.1) is 19.3 Å². The molecule has 1 heterocycles. The van der Waals surface area contributed by atoms with Gasteiger partial charge in [0.15, 0.2) is 0 Å². The van der Waals surface area contributed by atoms with Gasteiger partial charge in [-0.3, -0.25) is 19.8 Å². The number of hydrazine groups is 1. The van der Waals surface area contributed by atoms with E-state index in [1.54, 1.807) is 11.9 Å². The van der Waals surface area contributed by atoms with Crippen LogP contribution in [0.15, 0.2) is 47.4 Å². The van der Waals surface area contributed by atoms with Crippen molar-refractivity contribution in [3.05, 3.63) is 59.2 Å². The van der Waals surface area contributed by atoms with Crippen molar-refractivity contribution in [2.45, 2.75) is 25.7 Å². The Morgan fingerprint density at radius 3 is 2.55 bits per heavy atom. The van der Waals surface area contributed by atoms with Crippen molar-refractivity contribution in [1.82, 2.24) is 5.43 Å². The molecule has 0 spiro atoms. The monoisotopic (exact) mass is 418 g/mol. The standard InChI is InChI=1S/C20H22N2O6S/c1-13-8-9-15(10-14(13)2)22-11-20(3,19(24)21-22)12-28-18(23)16-6-4-5-7-17(16)29(25,26)27/h4-10H,11-12H2,1-3H3,(H,21,24)(H,25,26,27). The average molecular weight is 418 g/mol. The number of nitrogens with zero attached hydrogens (tertiary/aromatic N) is 1. The minimum Gasteiger partial charge on any atom is -0.461 e. The third kappa shape index (κ3) is 4.25. The van der Waals surface area contributed by atoms with Crippen molar-refractivity contribution in [2.75, 3.05) is 18.2 Å². The van der Waals surface area contributed by atoms with Crippen LogP contribution in [-0.2, 0) is 19.6 Å². The Kier molecular flexibility index (Phi) is 5.38. The van der Waals surface area contributed by atoms with Gasteiger partial charge < -0.3 is 4.74 Å². The fourth-order valence-electron chi connectivity index (χ4n) is 3.04. The van der Waals surface area contributed by atoms with Crippen LogP contribution in [0.5, 0.6) is 0 Å². The minimum absolute atomic E-state index is 0.251. The van der Waals surface area contributed by atoms with Crippen molar-refractivity contribution in [3.63, 3.8) is 0 Å². The summed E-state index contributed by atoms with van der Waals surface area (Å²) in [6, 6.07) is 11.0. The molecule has 0 radical (unpaired) electrons. The number of anilines is 1. The molecule has 0 aliphatic carbocycles. The second kappa shape index (κ2) is 7.49. The van der Waals surface area contributed by atoms with Gasteiger partial charge in [-0.05, 0) is 56.2 Å². The van der Waals surface area contributed by atoms with Crippen molar-refractivity contribution in [2.24, 2.45) is 5.41 Å². The Labute approximate surface area is 169 Å². The number of esters is 1. The number of hydrogen-bond acceptors (Lipinski definition) is 6. The number of hydrogen-bond donors (Lipinski definition) is 2. The van der Waals surface area contributed by atoms with Gasteiger partial charge in [-0.2, -0.15) is 8.42 Å². The SMILES string of the molecule is Cc1ccc(N2CC(C)(COC(=O)c3ccccc3S(=O)(=O)O)C(=O)N2)cc1C. The van der Waals surface area contributed by atoms with E-state index < -0.39 is 26.4 Å². The molecular formula is C20H22N2O6S. The van der Waals surface area contributed by atoms with Crippen LogP contribution in [0.2, 0.25) is 0 Å². The summed E-state index contributed by atoms with van der Waals surface area (Å²) in [5.74, 6) is -1.25. The van der Waals surface area contributed by atoms with Crippen LogP contribution < -0.4 is 10.4 Å². The lowest BCUT2D eigenvalue weighted by molar-refractivity contribution is -0.128. The molecule has 8 nitrogen and oxygen atoms in total. The summed E-state index contributed by atoms with van der Waals surface area (Å²) in [5.41, 5.74) is 4.49. The van der Waals surface area contributed by atoms with Gasteiger partial charge in [-0.15, -0.1) is 0 Å². The summed E-state index contributed by atoms with van der Waals surface area (Å²) >= 11 is 0. The highest BCUT2D eigenvalue weighted by Crippen LogP contribution is 2.29. The Balaban J connectivity index is 1.74. The summed E-state index contributed by atoms with van der Waals surface area (Å²) in [7, 11) is -4.58. The lowest BCUT2D eigenvalue weighted by Gasteiger charge is -2.22. The van der Waals surface area contributed by atoms with Gasteiger partial charge in [0, 0.05) is 0 Å². The van der Waals surface area contributed by atoms with Gasteiger partial charge in [0.1, 0.15) is 16.9 Å². The van der Waals surface area contributed by atoms with Gasteiger partial charge >= 0.3 is 5.97 Å². The first kappa shape index (κ1) is 20.8. The summed E-state index contributed by atoms with van der Waals surface area (Å²) < 4.78 is 37.5. The Bertz CT molecular complexity index is 1080. The number of ether oxygens (including phenoxy) is 1. The van der Waals surface area contributed by atoms with E-state index >= 15 is 0 Å². The van der Waals surface area contributed by atoms with Gasteiger partial charge in [0.05, 0.1) is 17.8 Å². The summed E-state index contributed by atoms with van der Waals surface area (Å²) in [5, 5.41) is 1.69. The van der Waals surface area contributed by atoms with E-state index in [1.165, 1.54) is 18.2 Å². The van der Waals surface area contributed by atoms with Crippen molar-refractivity contribution < 1.29 is 27.3 Å². The van der Waals surface area contributed by atoms with Crippen LogP contribution in [0.25, 0.3) is 0 Å². The topological polar surface area (TPSA) is 113 Å². The molecule has 154 valence electrons. The van der Waals surface area contributed by atoms with E-state index in [9.17, 15) is 22.6 Å². The predicted molar refractivity (Wildman–Crippen MR) is 106 cm³/mol. The number of carbonyl (C=O) groups excluding carboxylic acids is 2. The molecule has 1 atom stereocenters. The lowest BCUT2D eigenvalue weighted by Crippen LogP contribution is -2.35. The zero-order chi connectivity index (χ0) is 21.4.